The smallest absolute Gasteiger partial charge is 0.0715 e. The average Bonchev–Trinajstić information content (AvgIpc) is 2.76. The molecule has 0 aromatic heterocycles. The maximum atomic E-state index is 4.92. The lowest BCUT2D eigenvalue weighted by Gasteiger charge is -2.30. The Kier molecular flexibility index (Phi) is 3.20. The van der Waals surface area contributed by atoms with E-state index in [4.69, 9.17) is 5.32 Å². The lowest BCUT2D eigenvalue weighted by molar-refractivity contribution is 1.15. The molecule has 0 unspecified atom stereocenters. The van der Waals surface area contributed by atoms with Crippen LogP contribution in [0.3, 0.4) is 0 Å². The minimum atomic E-state index is 1.03. The molecule has 0 spiro atoms. The van der Waals surface area contributed by atoms with Gasteiger partial charge in [-0.1, -0.05) is 72.8 Å². The maximum absolute atomic E-state index is 4.92. The molecule has 2 heteroatoms. The fourth-order valence-corrected chi connectivity index (χ4v) is 4.29. The van der Waals surface area contributed by atoms with Crippen LogP contribution in [0.5, 0.6) is 0 Å². The second kappa shape index (κ2) is 5.86. The Morgan fingerprint density at radius 3 is 1.36 bits per heavy atom. The van der Waals surface area contributed by atoms with Crippen molar-refractivity contribution in [2.24, 2.45) is 0 Å². The van der Waals surface area contributed by atoms with E-state index in [2.05, 4.69) is 102 Å². The summed E-state index contributed by atoms with van der Waals surface area (Å²) >= 11 is 0. The highest BCUT2D eigenvalue weighted by Crippen LogP contribution is 2.50. The summed E-state index contributed by atoms with van der Waals surface area (Å²) in [7, 11) is 0. The van der Waals surface area contributed by atoms with Crippen LogP contribution in [0.1, 0.15) is 22.3 Å². The summed E-state index contributed by atoms with van der Waals surface area (Å²) in [5.74, 6) is 0. The summed E-state index contributed by atoms with van der Waals surface area (Å²) in [5, 5.41) is 8.52. The molecule has 0 fully saturated rings. The number of fused-ring (bicyclic) bond motifs is 4. The zero-order valence-corrected chi connectivity index (χ0v) is 15.2. The Morgan fingerprint density at radius 1 is 0.429 bits per heavy atom. The van der Waals surface area contributed by atoms with Crippen LogP contribution in [0.15, 0.2) is 97.1 Å². The normalized spacial score (nSPS) is 13.4. The van der Waals surface area contributed by atoms with Crippen LogP contribution in [-0.2, 0) is 0 Å². The molecule has 0 saturated carbocycles. The number of anilines is 2. The Balaban J connectivity index is 1.80. The largest absolute Gasteiger partial charge is 0.355 e. The molecule has 2 heterocycles. The van der Waals surface area contributed by atoms with Crippen molar-refractivity contribution in [1.82, 2.24) is 5.32 Å². The van der Waals surface area contributed by atoms with Gasteiger partial charge in [0, 0.05) is 44.8 Å². The summed E-state index contributed by atoms with van der Waals surface area (Å²) in [6.45, 7) is 0. The monoisotopic (exact) mass is 357 g/mol. The molecular formula is C26H17N2. The highest BCUT2D eigenvalue weighted by molar-refractivity contribution is 6.14. The van der Waals surface area contributed by atoms with Gasteiger partial charge in [-0.25, -0.2) is 5.32 Å². The zero-order valence-electron chi connectivity index (χ0n) is 15.2. The Bertz CT molecular complexity index is 1070. The molecule has 0 atom stereocenters. The SMILES string of the molecule is c1ccc2c(c1)[N]c1ccccc1C2=C1c2ccccc2Nc2ccccc21. The van der Waals surface area contributed by atoms with Crippen molar-refractivity contribution >= 4 is 33.9 Å². The topological polar surface area (TPSA) is 26.1 Å². The molecule has 0 amide bonds. The van der Waals surface area contributed by atoms with Crippen LogP contribution >= 0.6 is 0 Å². The summed E-state index contributed by atoms with van der Waals surface area (Å²) in [4.78, 5) is 0. The van der Waals surface area contributed by atoms with Crippen molar-refractivity contribution in [3.8, 4) is 0 Å². The fourth-order valence-electron chi connectivity index (χ4n) is 4.29. The minimum absolute atomic E-state index is 1.03. The standard InChI is InChI=1S/C26H17N2/c1-5-13-21-17(9-1)25(18-10-2-6-14-22(18)27-21)26-19-11-3-7-15-23(19)28-24-16-8-4-12-20(24)26/h1-16,27H. The molecule has 0 aliphatic carbocycles. The highest BCUT2D eigenvalue weighted by Gasteiger charge is 2.28. The van der Waals surface area contributed by atoms with Gasteiger partial charge in [0.05, 0.1) is 11.4 Å². The third kappa shape index (κ3) is 2.15. The van der Waals surface area contributed by atoms with Gasteiger partial charge in [-0.15, -0.1) is 0 Å². The number of nitrogens with one attached hydrogen (secondary N) is 1. The Hall–Kier alpha value is -3.78. The van der Waals surface area contributed by atoms with Gasteiger partial charge < -0.3 is 5.32 Å². The number of hydrogen-bond donors (Lipinski definition) is 1. The van der Waals surface area contributed by atoms with Crippen molar-refractivity contribution < 1.29 is 0 Å². The van der Waals surface area contributed by atoms with Crippen LogP contribution in [0.25, 0.3) is 11.1 Å². The fraction of sp³-hybridized carbons (Fsp3) is 0. The molecule has 4 aromatic carbocycles. The van der Waals surface area contributed by atoms with Crippen molar-refractivity contribution in [2.45, 2.75) is 0 Å². The minimum Gasteiger partial charge on any atom is -0.355 e. The van der Waals surface area contributed by atoms with E-state index in [-0.39, 0.29) is 0 Å². The average molecular weight is 357 g/mol. The van der Waals surface area contributed by atoms with E-state index in [0.717, 1.165) is 22.7 Å². The third-order valence-corrected chi connectivity index (χ3v) is 5.50. The molecule has 1 radical (unpaired) electrons. The van der Waals surface area contributed by atoms with E-state index in [1.54, 1.807) is 0 Å². The van der Waals surface area contributed by atoms with E-state index in [0.29, 0.717) is 0 Å². The molecule has 0 bridgehead atoms. The van der Waals surface area contributed by atoms with Crippen LogP contribution in [-0.4, -0.2) is 0 Å². The van der Waals surface area contributed by atoms with Crippen LogP contribution in [0, 0.1) is 0 Å². The predicted octanol–water partition coefficient (Wildman–Crippen LogP) is 6.63. The van der Waals surface area contributed by atoms with Crippen LogP contribution in [0.2, 0.25) is 0 Å². The van der Waals surface area contributed by atoms with E-state index in [9.17, 15) is 0 Å². The zero-order chi connectivity index (χ0) is 18.5. The van der Waals surface area contributed by atoms with E-state index < -0.39 is 0 Å². The number of para-hydroxylation sites is 4. The van der Waals surface area contributed by atoms with Gasteiger partial charge in [-0.2, -0.15) is 0 Å². The van der Waals surface area contributed by atoms with Crippen LogP contribution < -0.4 is 10.6 Å². The van der Waals surface area contributed by atoms with Gasteiger partial charge in [0.1, 0.15) is 0 Å². The molecule has 2 aliphatic rings. The van der Waals surface area contributed by atoms with Gasteiger partial charge in [-0.05, 0) is 24.3 Å². The van der Waals surface area contributed by atoms with Gasteiger partial charge in [-0.3, -0.25) is 0 Å². The van der Waals surface area contributed by atoms with E-state index in [1.165, 1.54) is 33.4 Å². The van der Waals surface area contributed by atoms with Crippen molar-refractivity contribution in [3.05, 3.63) is 119 Å². The first kappa shape index (κ1) is 15.3. The number of benzene rings is 4. The maximum Gasteiger partial charge on any atom is 0.0715 e. The number of nitrogens with zero attached hydrogens (tertiary/aromatic N) is 1. The molecule has 2 aliphatic heterocycles. The molecule has 2 nitrogen and oxygen atoms in total. The molecule has 131 valence electrons. The first-order valence-corrected chi connectivity index (χ1v) is 9.51. The lowest BCUT2D eigenvalue weighted by atomic mass is 9.80. The van der Waals surface area contributed by atoms with E-state index in [1.807, 2.05) is 0 Å². The summed E-state index contributed by atoms with van der Waals surface area (Å²) in [6, 6.07) is 34.0. The molecule has 4 aromatic rings. The summed E-state index contributed by atoms with van der Waals surface area (Å²) in [6.07, 6.45) is 0. The molecule has 1 N–H and O–H groups in total. The molecular weight excluding hydrogens is 340 g/mol. The van der Waals surface area contributed by atoms with Gasteiger partial charge >= 0.3 is 0 Å². The number of rotatable bonds is 0. The quantitative estimate of drug-likeness (QED) is 0.324. The first-order valence-electron chi connectivity index (χ1n) is 9.51. The van der Waals surface area contributed by atoms with Gasteiger partial charge in [0.15, 0.2) is 0 Å². The van der Waals surface area contributed by atoms with Crippen molar-refractivity contribution in [2.75, 3.05) is 5.32 Å². The van der Waals surface area contributed by atoms with Crippen molar-refractivity contribution in [3.63, 3.8) is 0 Å². The van der Waals surface area contributed by atoms with Gasteiger partial charge in [0.2, 0.25) is 0 Å². The summed E-state index contributed by atoms with van der Waals surface area (Å²) in [5.41, 5.74) is 11.7. The van der Waals surface area contributed by atoms with Crippen molar-refractivity contribution in [1.29, 1.82) is 0 Å². The Labute approximate surface area is 164 Å². The molecule has 0 saturated heterocycles. The van der Waals surface area contributed by atoms with Gasteiger partial charge in [0.25, 0.3) is 0 Å². The van der Waals surface area contributed by atoms with E-state index >= 15 is 0 Å². The third-order valence-electron chi connectivity index (χ3n) is 5.50. The Morgan fingerprint density at radius 2 is 0.821 bits per heavy atom. The molecule has 6 rings (SSSR count). The predicted molar refractivity (Wildman–Crippen MR) is 116 cm³/mol. The first-order chi connectivity index (χ1) is 13.9. The lowest BCUT2D eigenvalue weighted by Crippen LogP contribution is -2.11. The highest BCUT2D eigenvalue weighted by atomic mass is 14.9. The number of hydrogen-bond acceptors (Lipinski definition) is 1. The summed E-state index contributed by atoms with van der Waals surface area (Å²) < 4.78 is 0. The second-order valence-electron chi connectivity index (χ2n) is 7.11. The molecule has 28 heavy (non-hydrogen) atoms. The second-order valence-corrected chi connectivity index (χ2v) is 7.11. The van der Waals surface area contributed by atoms with Crippen LogP contribution in [0.4, 0.5) is 22.7 Å².